The summed E-state index contributed by atoms with van der Waals surface area (Å²) in [5, 5.41) is 12.7. The monoisotopic (exact) mass is 208 g/mol. The molecule has 0 spiro atoms. The van der Waals surface area contributed by atoms with Crippen LogP contribution in [0.5, 0.6) is 0 Å². The molecule has 5 heteroatoms. The van der Waals surface area contributed by atoms with Crippen LogP contribution in [0.4, 0.5) is 5.69 Å². The van der Waals surface area contributed by atoms with E-state index in [2.05, 4.69) is 22.4 Å². The maximum Gasteiger partial charge on any atom is 0.269 e. The van der Waals surface area contributed by atoms with Crippen molar-refractivity contribution >= 4 is 23.1 Å². The highest BCUT2D eigenvalue weighted by Crippen LogP contribution is 2.13. The van der Waals surface area contributed by atoms with Crippen LogP contribution in [0.25, 0.3) is 0 Å². The van der Waals surface area contributed by atoms with Crippen molar-refractivity contribution in [1.29, 1.82) is 0 Å². The maximum atomic E-state index is 10.4. The van der Waals surface area contributed by atoms with E-state index in [0.29, 0.717) is 13.0 Å². The Kier molecular flexibility index (Phi) is 3.91. The molecule has 1 aromatic rings. The van der Waals surface area contributed by atoms with E-state index < -0.39 is 4.92 Å². The molecule has 0 aromatic heterocycles. The molecule has 72 valence electrons. The Hall–Kier alpha value is -1.58. The van der Waals surface area contributed by atoms with Crippen LogP contribution in [-0.2, 0) is 6.42 Å². The van der Waals surface area contributed by atoms with Crippen molar-refractivity contribution in [2.75, 3.05) is 6.54 Å². The minimum Gasteiger partial charge on any atom is -0.258 e. The van der Waals surface area contributed by atoms with Gasteiger partial charge in [0, 0.05) is 12.1 Å². The van der Waals surface area contributed by atoms with Gasteiger partial charge in [-0.15, -0.1) is 0 Å². The predicted octanol–water partition coefficient (Wildman–Crippen LogP) is 2.24. The van der Waals surface area contributed by atoms with Crippen molar-refractivity contribution in [3.8, 4) is 0 Å². The molecular formula is C9H8N2O2S. The average molecular weight is 208 g/mol. The summed E-state index contributed by atoms with van der Waals surface area (Å²) in [5.74, 6) is 0. The number of thiocarbonyl (C=S) groups is 1. The molecule has 0 amide bonds. The van der Waals surface area contributed by atoms with E-state index in [-0.39, 0.29) is 5.69 Å². The van der Waals surface area contributed by atoms with Crippen molar-refractivity contribution in [3.63, 3.8) is 0 Å². The zero-order valence-electron chi connectivity index (χ0n) is 7.34. The van der Waals surface area contributed by atoms with Crippen LogP contribution in [0, 0.1) is 10.1 Å². The van der Waals surface area contributed by atoms with Crippen molar-refractivity contribution < 1.29 is 4.92 Å². The van der Waals surface area contributed by atoms with Gasteiger partial charge < -0.3 is 0 Å². The second-order valence-corrected chi connectivity index (χ2v) is 2.83. The summed E-state index contributed by atoms with van der Waals surface area (Å²) in [4.78, 5) is 13.8. The number of nitrogens with zero attached hydrogens (tertiary/aromatic N) is 2. The number of hydrogen-bond donors (Lipinski definition) is 0. The summed E-state index contributed by atoms with van der Waals surface area (Å²) in [6, 6.07) is 6.49. The molecule has 0 fully saturated rings. The van der Waals surface area contributed by atoms with Crippen LogP contribution in [0.3, 0.4) is 0 Å². The molecule has 1 aromatic carbocycles. The first-order valence-corrected chi connectivity index (χ1v) is 4.42. The molecule has 1 rings (SSSR count). The molecule has 0 N–H and O–H groups in total. The van der Waals surface area contributed by atoms with Gasteiger partial charge in [-0.05, 0) is 24.2 Å². The molecule has 0 heterocycles. The highest BCUT2D eigenvalue weighted by atomic mass is 32.1. The quantitative estimate of drug-likeness (QED) is 0.330. The molecule has 0 aliphatic heterocycles. The number of nitro benzene ring substituents is 1. The lowest BCUT2D eigenvalue weighted by Gasteiger charge is -1.96. The number of rotatable bonds is 4. The number of benzene rings is 1. The van der Waals surface area contributed by atoms with Gasteiger partial charge in [0.15, 0.2) is 0 Å². The summed E-state index contributed by atoms with van der Waals surface area (Å²) < 4.78 is 0. The lowest BCUT2D eigenvalue weighted by atomic mass is 10.1. The first-order chi connectivity index (χ1) is 6.74. The Morgan fingerprint density at radius 3 is 3.00 bits per heavy atom. The second kappa shape index (κ2) is 5.21. The summed E-state index contributed by atoms with van der Waals surface area (Å²) in [6.45, 7) is 0.519. The average Bonchev–Trinajstić information content (AvgIpc) is 2.19. The van der Waals surface area contributed by atoms with Gasteiger partial charge in [-0.25, -0.2) is 4.99 Å². The number of hydrogen-bond acceptors (Lipinski definition) is 4. The normalized spacial score (nSPS) is 9.14. The van der Waals surface area contributed by atoms with Gasteiger partial charge in [-0.1, -0.05) is 12.1 Å². The lowest BCUT2D eigenvalue weighted by molar-refractivity contribution is -0.384. The number of non-ortho nitro benzene ring substituents is 1. The zero-order valence-corrected chi connectivity index (χ0v) is 8.16. The van der Waals surface area contributed by atoms with E-state index in [1.165, 1.54) is 6.07 Å². The van der Waals surface area contributed by atoms with Gasteiger partial charge in [-0.2, -0.15) is 0 Å². The van der Waals surface area contributed by atoms with Gasteiger partial charge in [0.25, 0.3) is 5.69 Å². The summed E-state index contributed by atoms with van der Waals surface area (Å²) in [7, 11) is 0. The van der Waals surface area contributed by atoms with Crippen molar-refractivity contribution in [2.45, 2.75) is 6.42 Å². The van der Waals surface area contributed by atoms with Crippen LogP contribution >= 0.6 is 12.2 Å². The number of nitro groups is 1. The SMILES string of the molecule is O=[N+]([O-])c1cccc(CCN=C=S)c1. The molecule has 0 aliphatic carbocycles. The third kappa shape index (κ3) is 3.05. The summed E-state index contributed by atoms with van der Waals surface area (Å²) >= 11 is 4.41. The summed E-state index contributed by atoms with van der Waals surface area (Å²) in [5.41, 5.74) is 0.988. The highest BCUT2D eigenvalue weighted by Gasteiger charge is 2.04. The van der Waals surface area contributed by atoms with Crippen molar-refractivity contribution in [2.24, 2.45) is 4.99 Å². The molecule has 0 atom stereocenters. The minimum atomic E-state index is -0.411. The van der Waals surface area contributed by atoms with Crippen LogP contribution in [-0.4, -0.2) is 16.6 Å². The Balaban J connectivity index is 2.73. The summed E-state index contributed by atoms with van der Waals surface area (Å²) in [6.07, 6.45) is 0.644. The van der Waals surface area contributed by atoms with Gasteiger partial charge >= 0.3 is 0 Å². The molecule has 0 radical (unpaired) electrons. The van der Waals surface area contributed by atoms with Crippen LogP contribution in [0.2, 0.25) is 0 Å². The molecular weight excluding hydrogens is 200 g/mol. The van der Waals surface area contributed by atoms with E-state index in [1.807, 2.05) is 6.07 Å². The zero-order chi connectivity index (χ0) is 10.4. The standard InChI is InChI=1S/C9H8N2O2S/c12-11(13)9-3-1-2-8(6-9)4-5-10-7-14/h1-3,6H,4-5H2. The molecule has 14 heavy (non-hydrogen) atoms. The Morgan fingerprint density at radius 1 is 1.57 bits per heavy atom. The number of isothiocyanates is 1. The smallest absolute Gasteiger partial charge is 0.258 e. The van der Waals surface area contributed by atoms with E-state index in [0.717, 1.165) is 5.56 Å². The fraction of sp³-hybridized carbons (Fsp3) is 0.222. The Morgan fingerprint density at radius 2 is 2.36 bits per heavy atom. The largest absolute Gasteiger partial charge is 0.269 e. The Labute approximate surface area is 86.4 Å². The fourth-order valence-electron chi connectivity index (χ4n) is 1.06. The van der Waals surface area contributed by atoms with E-state index >= 15 is 0 Å². The van der Waals surface area contributed by atoms with Gasteiger partial charge in [-0.3, -0.25) is 10.1 Å². The molecule has 0 aliphatic rings. The minimum absolute atomic E-state index is 0.105. The topological polar surface area (TPSA) is 55.5 Å². The van der Waals surface area contributed by atoms with Gasteiger partial charge in [0.2, 0.25) is 0 Å². The third-order valence-corrected chi connectivity index (χ3v) is 1.83. The second-order valence-electron chi connectivity index (χ2n) is 2.65. The molecule has 0 bridgehead atoms. The third-order valence-electron chi connectivity index (χ3n) is 1.70. The first-order valence-electron chi connectivity index (χ1n) is 4.01. The van der Waals surface area contributed by atoms with Crippen LogP contribution < -0.4 is 0 Å². The number of aliphatic imine (C=N–C) groups is 1. The molecule has 0 unspecified atom stereocenters. The molecule has 0 saturated carbocycles. The lowest BCUT2D eigenvalue weighted by Crippen LogP contribution is -1.92. The van der Waals surface area contributed by atoms with Gasteiger partial charge in [0.1, 0.15) is 0 Å². The van der Waals surface area contributed by atoms with Crippen molar-refractivity contribution in [3.05, 3.63) is 39.9 Å². The van der Waals surface area contributed by atoms with E-state index in [9.17, 15) is 10.1 Å². The van der Waals surface area contributed by atoms with E-state index in [4.69, 9.17) is 0 Å². The van der Waals surface area contributed by atoms with E-state index in [1.54, 1.807) is 12.1 Å². The first kappa shape index (κ1) is 10.5. The predicted molar refractivity (Wildman–Crippen MR) is 56.7 cm³/mol. The van der Waals surface area contributed by atoms with Crippen LogP contribution in [0.1, 0.15) is 5.56 Å². The Bertz CT molecular complexity index is 386. The fourth-order valence-corrected chi connectivity index (χ4v) is 1.15. The van der Waals surface area contributed by atoms with Crippen LogP contribution in [0.15, 0.2) is 29.3 Å². The van der Waals surface area contributed by atoms with Crippen molar-refractivity contribution in [1.82, 2.24) is 0 Å². The molecule has 4 nitrogen and oxygen atoms in total. The molecule has 0 saturated heterocycles. The maximum absolute atomic E-state index is 10.4. The van der Waals surface area contributed by atoms with Gasteiger partial charge in [0.05, 0.1) is 16.6 Å². The highest BCUT2D eigenvalue weighted by molar-refractivity contribution is 7.78.